The smallest absolute Gasteiger partial charge is 0.465 e. The lowest BCUT2D eigenvalue weighted by Crippen LogP contribution is -2.26. The number of nitrogens with one attached hydrogen (secondary N) is 1. The molecule has 0 radical (unpaired) electrons. The Morgan fingerprint density at radius 2 is 1.86 bits per heavy atom. The van der Waals surface area contributed by atoms with Crippen molar-refractivity contribution in [3.8, 4) is 22.9 Å². The summed E-state index contributed by atoms with van der Waals surface area (Å²) in [6, 6.07) is 15.8. The van der Waals surface area contributed by atoms with E-state index in [-0.39, 0.29) is 28.7 Å². The van der Waals surface area contributed by atoms with Crippen molar-refractivity contribution in [3.63, 3.8) is 0 Å². The average molecular weight is 495 g/mol. The van der Waals surface area contributed by atoms with E-state index in [1.165, 1.54) is 24.5 Å². The number of anilines is 1. The normalized spacial score (nSPS) is 13.9. The average Bonchev–Trinajstić information content (AvgIpc) is 3.60. The molecule has 0 aliphatic carbocycles. The third kappa shape index (κ3) is 4.89. The molecule has 0 bridgehead atoms. The molecule has 1 amide bonds. The molecule has 5 rings (SSSR count). The van der Waals surface area contributed by atoms with E-state index in [2.05, 4.69) is 30.3 Å². The van der Waals surface area contributed by atoms with Crippen LogP contribution in [0.15, 0.2) is 71.3 Å². The summed E-state index contributed by atoms with van der Waals surface area (Å²) in [5.41, 5.74) is 0.646. The number of halogens is 2. The third-order valence-corrected chi connectivity index (χ3v) is 4.78. The van der Waals surface area contributed by atoms with E-state index < -0.39 is 24.8 Å². The molecule has 4 aromatic rings. The number of rotatable bonds is 7. The molecule has 2 aromatic heterocycles. The Balaban J connectivity index is 1.31. The van der Waals surface area contributed by atoms with E-state index in [1.54, 1.807) is 36.4 Å². The number of tetrazole rings is 1. The molecule has 182 valence electrons. The lowest BCUT2D eigenvalue weighted by atomic mass is 10.2. The Hall–Kier alpha value is -5.07. The van der Waals surface area contributed by atoms with E-state index >= 15 is 0 Å². The minimum absolute atomic E-state index is 0.119. The van der Waals surface area contributed by atoms with Gasteiger partial charge >= 0.3 is 12.3 Å². The van der Waals surface area contributed by atoms with Crippen LogP contribution in [0, 0.1) is 0 Å². The lowest BCUT2D eigenvalue weighted by Gasteiger charge is -2.10. The number of hydrogen-bond donors (Lipinski definition) is 1. The van der Waals surface area contributed by atoms with Crippen molar-refractivity contribution in [1.82, 2.24) is 20.2 Å². The van der Waals surface area contributed by atoms with Crippen LogP contribution in [0.5, 0.6) is 11.5 Å². The second-order valence-corrected chi connectivity index (χ2v) is 7.28. The SMILES string of the molecule is O=C(COC(=O)/C(=C/c1ccco1)n1nnnc1-c1ccccc1)Nc1ccc2c(c1)OC(F)(F)O2. The first kappa shape index (κ1) is 22.7. The van der Waals surface area contributed by atoms with E-state index in [9.17, 15) is 18.4 Å². The number of aromatic nitrogens is 4. The van der Waals surface area contributed by atoms with Gasteiger partial charge in [-0.25, -0.2) is 4.79 Å². The zero-order chi connectivity index (χ0) is 25.1. The summed E-state index contributed by atoms with van der Waals surface area (Å²) in [4.78, 5) is 25.4. The Bertz CT molecular complexity index is 1440. The first-order chi connectivity index (χ1) is 17.4. The Morgan fingerprint density at radius 1 is 1.06 bits per heavy atom. The van der Waals surface area contributed by atoms with Crippen LogP contribution in [-0.4, -0.2) is 45.0 Å². The molecule has 0 unspecified atom stereocenters. The number of ether oxygens (including phenoxy) is 3. The summed E-state index contributed by atoms with van der Waals surface area (Å²) in [6.07, 6.45) is -1.01. The molecule has 1 aliphatic heterocycles. The Kier molecular flexibility index (Phi) is 5.86. The van der Waals surface area contributed by atoms with Crippen molar-refractivity contribution in [2.24, 2.45) is 0 Å². The predicted molar refractivity (Wildman–Crippen MR) is 118 cm³/mol. The van der Waals surface area contributed by atoms with Crippen LogP contribution in [0.2, 0.25) is 0 Å². The Morgan fingerprint density at radius 3 is 2.64 bits per heavy atom. The number of alkyl halides is 2. The van der Waals surface area contributed by atoms with Gasteiger partial charge in [-0.15, -0.1) is 13.9 Å². The standard InChI is InChI=1S/C23H15F2N5O6/c24-23(25)35-18-9-8-15(11-19(18)36-23)26-20(31)13-34-22(32)17(12-16-7-4-10-33-16)30-21(27-28-29-30)14-5-2-1-3-6-14/h1-12H,13H2,(H,26,31)/b17-12-. The molecule has 0 spiro atoms. The maximum absolute atomic E-state index is 13.2. The molecule has 36 heavy (non-hydrogen) atoms. The number of hydrogen-bond acceptors (Lipinski definition) is 9. The van der Waals surface area contributed by atoms with Gasteiger partial charge in [0.25, 0.3) is 5.91 Å². The monoisotopic (exact) mass is 495 g/mol. The van der Waals surface area contributed by atoms with Gasteiger partial charge in [0.2, 0.25) is 0 Å². The summed E-state index contributed by atoms with van der Waals surface area (Å²) in [5, 5.41) is 13.9. The van der Waals surface area contributed by atoms with Crippen molar-refractivity contribution in [1.29, 1.82) is 0 Å². The fraction of sp³-hybridized carbons (Fsp3) is 0.0870. The number of furan rings is 1. The van der Waals surface area contributed by atoms with E-state index in [0.717, 1.165) is 10.7 Å². The molecule has 0 saturated heterocycles. The number of carbonyl (C=O) groups excluding carboxylic acids is 2. The van der Waals surface area contributed by atoms with E-state index in [4.69, 9.17) is 9.15 Å². The highest BCUT2D eigenvalue weighted by Gasteiger charge is 2.43. The Labute approximate surface area is 200 Å². The van der Waals surface area contributed by atoms with Gasteiger partial charge < -0.3 is 23.9 Å². The number of benzene rings is 2. The number of amides is 1. The van der Waals surface area contributed by atoms with Crippen LogP contribution in [0.1, 0.15) is 5.76 Å². The highest BCUT2D eigenvalue weighted by molar-refractivity contribution is 6.16. The minimum atomic E-state index is -3.79. The summed E-state index contributed by atoms with van der Waals surface area (Å²) in [5.74, 6) is -1.49. The van der Waals surface area contributed by atoms with E-state index in [0.29, 0.717) is 11.3 Å². The first-order valence-corrected chi connectivity index (χ1v) is 10.3. The van der Waals surface area contributed by atoms with Gasteiger partial charge in [0.05, 0.1) is 6.26 Å². The van der Waals surface area contributed by atoms with Gasteiger partial charge in [-0.1, -0.05) is 30.3 Å². The van der Waals surface area contributed by atoms with Crippen molar-refractivity contribution in [2.45, 2.75) is 6.29 Å². The predicted octanol–water partition coefficient (Wildman–Crippen LogP) is 3.43. The fourth-order valence-corrected chi connectivity index (χ4v) is 3.26. The molecule has 2 aromatic carbocycles. The number of esters is 1. The van der Waals surface area contributed by atoms with E-state index in [1.807, 2.05) is 6.07 Å². The highest BCUT2D eigenvalue weighted by atomic mass is 19.3. The third-order valence-electron chi connectivity index (χ3n) is 4.78. The molecular weight excluding hydrogens is 480 g/mol. The van der Waals surface area contributed by atoms with Gasteiger partial charge in [0.1, 0.15) is 5.76 Å². The highest BCUT2D eigenvalue weighted by Crippen LogP contribution is 2.42. The maximum atomic E-state index is 13.2. The van der Waals surface area contributed by atoms with Crippen LogP contribution in [0.3, 0.4) is 0 Å². The molecule has 13 heteroatoms. The zero-order valence-electron chi connectivity index (χ0n) is 18.1. The van der Waals surface area contributed by atoms with Crippen LogP contribution in [0.25, 0.3) is 23.2 Å². The molecule has 0 fully saturated rings. The molecule has 3 heterocycles. The fourth-order valence-electron chi connectivity index (χ4n) is 3.26. The quantitative estimate of drug-likeness (QED) is 0.303. The molecule has 11 nitrogen and oxygen atoms in total. The molecule has 0 saturated carbocycles. The van der Waals surface area contributed by atoms with Crippen molar-refractivity contribution in [2.75, 3.05) is 11.9 Å². The number of fused-ring (bicyclic) bond motifs is 1. The van der Waals surface area contributed by atoms with Gasteiger partial charge in [-0.05, 0) is 34.7 Å². The van der Waals surface area contributed by atoms with Gasteiger partial charge in [0, 0.05) is 23.4 Å². The molecular formula is C23H15F2N5O6. The molecule has 1 aliphatic rings. The van der Waals surface area contributed by atoms with Crippen LogP contribution in [0.4, 0.5) is 14.5 Å². The van der Waals surface area contributed by atoms with Gasteiger partial charge in [-0.2, -0.15) is 4.68 Å². The van der Waals surface area contributed by atoms with Crippen molar-refractivity contribution in [3.05, 3.63) is 72.7 Å². The zero-order valence-corrected chi connectivity index (χ0v) is 18.1. The van der Waals surface area contributed by atoms with Crippen LogP contribution < -0.4 is 14.8 Å². The lowest BCUT2D eigenvalue weighted by molar-refractivity contribution is -0.286. The molecule has 0 atom stereocenters. The summed E-state index contributed by atoms with van der Waals surface area (Å²) in [7, 11) is 0. The molecule has 1 N–H and O–H groups in total. The second-order valence-electron chi connectivity index (χ2n) is 7.28. The summed E-state index contributed by atoms with van der Waals surface area (Å²) >= 11 is 0. The van der Waals surface area contributed by atoms with Crippen LogP contribution >= 0.6 is 0 Å². The topological polar surface area (TPSA) is 131 Å². The van der Waals surface area contributed by atoms with Gasteiger partial charge in [0.15, 0.2) is 29.6 Å². The van der Waals surface area contributed by atoms with Gasteiger partial charge in [-0.3, -0.25) is 4.79 Å². The maximum Gasteiger partial charge on any atom is 0.586 e. The first-order valence-electron chi connectivity index (χ1n) is 10.3. The van der Waals surface area contributed by atoms with Crippen molar-refractivity contribution >= 4 is 29.3 Å². The largest absolute Gasteiger partial charge is 0.586 e. The summed E-state index contributed by atoms with van der Waals surface area (Å²) < 4.78 is 46.7. The number of carbonyl (C=O) groups is 2. The van der Waals surface area contributed by atoms with Crippen LogP contribution in [-0.2, 0) is 14.3 Å². The number of nitrogens with zero attached hydrogens (tertiary/aromatic N) is 4. The minimum Gasteiger partial charge on any atom is -0.465 e. The summed E-state index contributed by atoms with van der Waals surface area (Å²) in [6.45, 7) is -0.693. The second kappa shape index (κ2) is 9.29. The van der Waals surface area contributed by atoms with Crippen molar-refractivity contribution < 1.29 is 37.0 Å².